The minimum Gasteiger partial charge on any atom is -0.452 e. The van der Waals surface area contributed by atoms with E-state index in [2.05, 4.69) is 22.9 Å². The number of furan rings is 1. The van der Waals surface area contributed by atoms with Gasteiger partial charge in [0.25, 0.3) is 5.91 Å². The van der Waals surface area contributed by atoms with Crippen LogP contribution < -0.4 is 0 Å². The van der Waals surface area contributed by atoms with Crippen LogP contribution in [0.4, 0.5) is 0 Å². The lowest BCUT2D eigenvalue weighted by Crippen LogP contribution is -2.38. The van der Waals surface area contributed by atoms with Crippen molar-refractivity contribution in [2.45, 2.75) is 19.4 Å². The highest BCUT2D eigenvalue weighted by atomic mass is 79.9. The van der Waals surface area contributed by atoms with E-state index in [0.717, 1.165) is 18.3 Å². The summed E-state index contributed by atoms with van der Waals surface area (Å²) in [5.74, 6) is 0.488. The van der Waals surface area contributed by atoms with Crippen molar-refractivity contribution < 1.29 is 9.21 Å². The maximum absolute atomic E-state index is 12.2. The Morgan fingerprint density at radius 3 is 3.06 bits per heavy atom. The number of alkyl halides is 1. The zero-order chi connectivity index (χ0) is 11.7. The number of rotatable bonds is 2. The fourth-order valence-corrected chi connectivity index (χ4v) is 3.28. The molecule has 1 amide bonds. The van der Waals surface area contributed by atoms with Crippen LogP contribution in [0.25, 0.3) is 0 Å². The molecular formula is C11H13BrClNO2. The molecule has 2 rings (SSSR count). The van der Waals surface area contributed by atoms with Gasteiger partial charge in [-0.1, -0.05) is 22.9 Å². The van der Waals surface area contributed by atoms with Crippen molar-refractivity contribution in [2.75, 3.05) is 11.9 Å². The van der Waals surface area contributed by atoms with E-state index in [1.807, 2.05) is 4.90 Å². The maximum atomic E-state index is 12.2. The predicted molar refractivity (Wildman–Crippen MR) is 66.1 cm³/mol. The van der Waals surface area contributed by atoms with Gasteiger partial charge in [0.15, 0.2) is 0 Å². The highest BCUT2D eigenvalue weighted by molar-refractivity contribution is 9.09. The van der Waals surface area contributed by atoms with Crippen LogP contribution in [0, 0.1) is 5.92 Å². The van der Waals surface area contributed by atoms with Gasteiger partial charge in [-0.3, -0.25) is 4.79 Å². The molecule has 5 heteroatoms. The quantitative estimate of drug-likeness (QED) is 0.786. The smallest absolute Gasteiger partial charge is 0.259 e. The number of amides is 1. The lowest BCUT2D eigenvalue weighted by Gasteiger charge is -2.24. The Kier molecular flexibility index (Phi) is 3.60. The molecule has 0 saturated carbocycles. The minimum atomic E-state index is -0.0347. The molecule has 16 heavy (non-hydrogen) atoms. The summed E-state index contributed by atoms with van der Waals surface area (Å²) in [5.41, 5.74) is 0.460. The molecule has 2 heterocycles. The summed E-state index contributed by atoms with van der Waals surface area (Å²) < 4.78 is 4.95. The Morgan fingerprint density at radius 2 is 2.50 bits per heavy atom. The van der Waals surface area contributed by atoms with E-state index in [1.165, 1.54) is 6.26 Å². The zero-order valence-corrected chi connectivity index (χ0v) is 11.3. The van der Waals surface area contributed by atoms with E-state index in [9.17, 15) is 4.79 Å². The van der Waals surface area contributed by atoms with Crippen molar-refractivity contribution >= 4 is 33.4 Å². The summed E-state index contributed by atoms with van der Waals surface area (Å²) in [6.07, 6.45) is 2.48. The van der Waals surface area contributed by atoms with E-state index in [0.29, 0.717) is 11.5 Å². The fraction of sp³-hybridized carbons (Fsp3) is 0.545. The molecule has 1 fully saturated rings. The molecule has 0 bridgehead atoms. The molecule has 3 nitrogen and oxygen atoms in total. The third-order valence-corrected chi connectivity index (χ3v) is 4.11. The van der Waals surface area contributed by atoms with Gasteiger partial charge in [-0.05, 0) is 30.0 Å². The van der Waals surface area contributed by atoms with Crippen LogP contribution in [0.1, 0.15) is 23.7 Å². The molecule has 1 aliphatic heterocycles. The molecule has 1 aliphatic rings. The van der Waals surface area contributed by atoms with Gasteiger partial charge in [0, 0.05) is 17.9 Å². The van der Waals surface area contributed by atoms with Crippen LogP contribution in [0.15, 0.2) is 16.7 Å². The predicted octanol–water partition coefficient (Wildman–Crippen LogP) is 3.18. The number of nitrogens with zero attached hydrogens (tertiary/aromatic N) is 1. The lowest BCUT2D eigenvalue weighted by molar-refractivity contribution is 0.0738. The molecule has 1 aromatic rings. The maximum Gasteiger partial charge on any atom is 0.259 e. The molecule has 2 unspecified atom stereocenters. The Morgan fingerprint density at radius 1 is 1.75 bits per heavy atom. The van der Waals surface area contributed by atoms with Crippen molar-refractivity contribution in [1.82, 2.24) is 4.90 Å². The first-order valence-electron chi connectivity index (χ1n) is 5.25. The van der Waals surface area contributed by atoms with Crippen LogP contribution in [-0.2, 0) is 0 Å². The SMILES string of the molecule is CC1CCN(C(=O)c2ccoc2Cl)C1CBr. The Labute approximate surface area is 108 Å². The second-order valence-corrected chi connectivity index (χ2v) is 5.08. The fourth-order valence-electron chi connectivity index (χ4n) is 2.10. The Hall–Kier alpha value is -0.480. The third kappa shape index (κ3) is 2.00. The molecule has 0 N–H and O–H groups in total. The lowest BCUT2D eigenvalue weighted by atomic mass is 10.1. The average Bonchev–Trinajstić information content (AvgIpc) is 2.83. The van der Waals surface area contributed by atoms with Gasteiger partial charge in [0.1, 0.15) is 0 Å². The largest absolute Gasteiger partial charge is 0.452 e. The topological polar surface area (TPSA) is 33.5 Å². The van der Waals surface area contributed by atoms with Gasteiger partial charge in [-0.2, -0.15) is 0 Å². The van der Waals surface area contributed by atoms with E-state index >= 15 is 0 Å². The second-order valence-electron chi connectivity index (χ2n) is 4.09. The number of likely N-dealkylation sites (tertiary alicyclic amines) is 1. The van der Waals surface area contributed by atoms with Gasteiger partial charge < -0.3 is 9.32 Å². The molecular weight excluding hydrogens is 293 g/mol. The summed E-state index contributed by atoms with van der Waals surface area (Å²) in [6.45, 7) is 2.95. The van der Waals surface area contributed by atoms with Crippen molar-refractivity contribution in [3.05, 3.63) is 23.1 Å². The van der Waals surface area contributed by atoms with Gasteiger partial charge in [-0.15, -0.1) is 0 Å². The van der Waals surface area contributed by atoms with Crippen LogP contribution in [-0.4, -0.2) is 28.7 Å². The average molecular weight is 307 g/mol. The molecule has 0 spiro atoms. The molecule has 2 atom stereocenters. The van der Waals surface area contributed by atoms with Crippen molar-refractivity contribution in [3.8, 4) is 0 Å². The normalized spacial score (nSPS) is 25.1. The summed E-state index contributed by atoms with van der Waals surface area (Å²) in [6, 6.07) is 1.87. The first-order chi connectivity index (χ1) is 7.65. The zero-order valence-electron chi connectivity index (χ0n) is 8.95. The Balaban J connectivity index is 2.20. The highest BCUT2D eigenvalue weighted by Crippen LogP contribution is 2.28. The molecule has 1 saturated heterocycles. The standard InChI is InChI=1S/C11H13BrClNO2/c1-7-2-4-14(9(7)6-12)11(15)8-3-5-16-10(8)13/h3,5,7,9H,2,4,6H2,1H3. The Bertz CT molecular complexity index is 393. The molecule has 1 aromatic heterocycles. The molecule has 0 radical (unpaired) electrons. The van der Waals surface area contributed by atoms with Gasteiger partial charge in [0.05, 0.1) is 11.8 Å². The number of hydrogen-bond donors (Lipinski definition) is 0. The van der Waals surface area contributed by atoms with E-state index in [-0.39, 0.29) is 17.2 Å². The minimum absolute atomic E-state index is 0.0347. The van der Waals surface area contributed by atoms with E-state index < -0.39 is 0 Å². The number of halogens is 2. The molecule has 0 aliphatic carbocycles. The summed E-state index contributed by atoms with van der Waals surface area (Å²) in [7, 11) is 0. The van der Waals surface area contributed by atoms with E-state index in [1.54, 1.807) is 6.07 Å². The number of carbonyl (C=O) groups is 1. The summed E-state index contributed by atoms with van der Waals surface area (Å²) in [4.78, 5) is 14.1. The van der Waals surface area contributed by atoms with Gasteiger partial charge in [0.2, 0.25) is 5.22 Å². The molecule has 88 valence electrons. The van der Waals surface area contributed by atoms with Crippen LogP contribution in [0.3, 0.4) is 0 Å². The van der Waals surface area contributed by atoms with E-state index in [4.69, 9.17) is 16.0 Å². The first kappa shape index (κ1) is 12.0. The van der Waals surface area contributed by atoms with Crippen molar-refractivity contribution in [3.63, 3.8) is 0 Å². The number of hydrogen-bond acceptors (Lipinski definition) is 2. The summed E-state index contributed by atoms with van der Waals surface area (Å²) >= 11 is 9.27. The van der Waals surface area contributed by atoms with Gasteiger partial charge >= 0.3 is 0 Å². The van der Waals surface area contributed by atoms with Crippen LogP contribution >= 0.6 is 27.5 Å². The van der Waals surface area contributed by atoms with Crippen LogP contribution in [0.5, 0.6) is 0 Å². The van der Waals surface area contributed by atoms with Crippen molar-refractivity contribution in [1.29, 1.82) is 0 Å². The van der Waals surface area contributed by atoms with Gasteiger partial charge in [-0.25, -0.2) is 0 Å². The monoisotopic (exact) mass is 305 g/mol. The third-order valence-electron chi connectivity index (χ3n) is 3.15. The summed E-state index contributed by atoms with van der Waals surface area (Å²) in [5, 5.41) is 0.980. The van der Waals surface area contributed by atoms with Crippen LogP contribution in [0.2, 0.25) is 5.22 Å². The number of carbonyl (C=O) groups excluding carboxylic acids is 1. The highest BCUT2D eigenvalue weighted by Gasteiger charge is 2.35. The molecule has 0 aromatic carbocycles. The van der Waals surface area contributed by atoms with Crippen molar-refractivity contribution in [2.24, 2.45) is 5.92 Å². The second kappa shape index (κ2) is 4.80. The first-order valence-corrected chi connectivity index (χ1v) is 6.75.